The van der Waals surface area contributed by atoms with Gasteiger partial charge in [0.2, 0.25) is 5.91 Å². The lowest BCUT2D eigenvalue weighted by molar-refractivity contribution is -0.117. The van der Waals surface area contributed by atoms with E-state index in [4.69, 9.17) is 0 Å². The van der Waals surface area contributed by atoms with Crippen LogP contribution in [0.25, 0.3) is 11.3 Å². The number of benzene rings is 1. The summed E-state index contributed by atoms with van der Waals surface area (Å²) in [5.74, 6) is 0.884. The normalized spacial score (nSPS) is 21.1. The number of carbonyl (C=O) groups is 1. The molecule has 2 aromatic heterocycles. The summed E-state index contributed by atoms with van der Waals surface area (Å²) in [5.41, 5.74) is 8.82. The molecule has 0 bridgehead atoms. The molecule has 8 heteroatoms. The van der Waals surface area contributed by atoms with Gasteiger partial charge < -0.3 is 10.2 Å². The standard InChI is InChI=1S/C22H24N6OS/c29-22(19-14-18(25-26-19)20-7-4-12-30-20)23-16-6-3-5-15(13-16)17-8-9-21(27-24-17)28-10-1-2-11-28/h3-9,12-13,18-19,25-26H,1-2,10-11,14H2,(H,23,29). The predicted molar refractivity (Wildman–Crippen MR) is 119 cm³/mol. The zero-order chi connectivity index (χ0) is 20.3. The van der Waals surface area contributed by atoms with Crippen LogP contribution < -0.4 is 21.1 Å². The van der Waals surface area contributed by atoms with E-state index in [0.717, 1.165) is 42.3 Å². The molecular weight excluding hydrogens is 396 g/mol. The maximum absolute atomic E-state index is 12.7. The fourth-order valence-electron chi connectivity index (χ4n) is 3.98. The first-order chi connectivity index (χ1) is 14.8. The van der Waals surface area contributed by atoms with E-state index in [1.54, 1.807) is 11.3 Å². The Bertz CT molecular complexity index is 1000. The Hall–Kier alpha value is -2.81. The topological polar surface area (TPSA) is 82.2 Å². The maximum Gasteiger partial charge on any atom is 0.242 e. The summed E-state index contributed by atoms with van der Waals surface area (Å²) in [6, 6.07) is 15.8. The summed E-state index contributed by atoms with van der Waals surface area (Å²) >= 11 is 1.70. The lowest BCUT2D eigenvalue weighted by Gasteiger charge is -2.15. The zero-order valence-corrected chi connectivity index (χ0v) is 17.4. The van der Waals surface area contributed by atoms with E-state index in [1.165, 1.54) is 17.7 Å². The summed E-state index contributed by atoms with van der Waals surface area (Å²) in [5, 5.41) is 13.9. The Morgan fingerprint density at radius 2 is 1.97 bits per heavy atom. The van der Waals surface area contributed by atoms with Crippen molar-refractivity contribution in [3.05, 3.63) is 58.8 Å². The van der Waals surface area contributed by atoms with Gasteiger partial charge in [-0.2, -0.15) is 0 Å². The van der Waals surface area contributed by atoms with Crippen LogP contribution in [-0.2, 0) is 4.79 Å². The van der Waals surface area contributed by atoms with Crippen LogP contribution in [-0.4, -0.2) is 35.2 Å². The highest BCUT2D eigenvalue weighted by Crippen LogP contribution is 2.27. The third-order valence-electron chi connectivity index (χ3n) is 5.61. The molecule has 0 radical (unpaired) electrons. The molecule has 1 amide bonds. The molecule has 2 atom stereocenters. The molecule has 0 aliphatic carbocycles. The van der Waals surface area contributed by atoms with E-state index < -0.39 is 0 Å². The second-order valence-electron chi connectivity index (χ2n) is 7.69. The van der Waals surface area contributed by atoms with Gasteiger partial charge in [-0.1, -0.05) is 18.2 Å². The average molecular weight is 421 g/mol. The summed E-state index contributed by atoms with van der Waals surface area (Å²) in [6.07, 6.45) is 3.14. The number of amides is 1. The van der Waals surface area contributed by atoms with Gasteiger partial charge in [-0.25, -0.2) is 10.9 Å². The first-order valence-electron chi connectivity index (χ1n) is 10.3. The van der Waals surface area contributed by atoms with E-state index >= 15 is 0 Å². The first-order valence-corrected chi connectivity index (χ1v) is 11.2. The summed E-state index contributed by atoms with van der Waals surface area (Å²) in [7, 11) is 0. The fraction of sp³-hybridized carbons (Fsp3) is 0.318. The Labute approximate surface area is 179 Å². The number of thiophene rings is 1. The van der Waals surface area contributed by atoms with Crippen LogP contribution in [0.5, 0.6) is 0 Å². The van der Waals surface area contributed by atoms with Gasteiger partial charge in [-0.05, 0) is 55.0 Å². The Balaban J connectivity index is 1.24. The molecular formula is C22H24N6OS. The Kier molecular flexibility index (Phi) is 5.44. The largest absolute Gasteiger partial charge is 0.355 e. The van der Waals surface area contributed by atoms with E-state index in [2.05, 4.69) is 42.7 Å². The molecule has 0 spiro atoms. The van der Waals surface area contributed by atoms with Crippen molar-refractivity contribution in [2.45, 2.75) is 31.3 Å². The van der Waals surface area contributed by atoms with Crippen molar-refractivity contribution in [2.75, 3.05) is 23.3 Å². The number of hydrazine groups is 1. The monoisotopic (exact) mass is 420 g/mol. The minimum absolute atomic E-state index is 0.0471. The minimum Gasteiger partial charge on any atom is -0.355 e. The van der Waals surface area contributed by atoms with Crippen LogP contribution in [0.4, 0.5) is 11.5 Å². The SMILES string of the molecule is O=C(Nc1cccc(-c2ccc(N3CCCC3)nn2)c1)C1CC(c2cccs2)NN1. The molecule has 1 aromatic carbocycles. The van der Waals surface area contributed by atoms with Gasteiger partial charge in [-0.15, -0.1) is 21.5 Å². The van der Waals surface area contributed by atoms with Crippen LogP contribution in [0, 0.1) is 0 Å². The number of hydrogen-bond acceptors (Lipinski definition) is 7. The van der Waals surface area contributed by atoms with Gasteiger partial charge in [0, 0.05) is 29.2 Å². The molecule has 154 valence electrons. The summed E-state index contributed by atoms with van der Waals surface area (Å²) in [6.45, 7) is 2.10. The molecule has 30 heavy (non-hydrogen) atoms. The van der Waals surface area contributed by atoms with Crippen LogP contribution in [0.15, 0.2) is 53.9 Å². The van der Waals surface area contributed by atoms with Crippen molar-refractivity contribution >= 4 is 28.7 Å². The van der Waals surface area contributed by atoms with Gasteiger partial charge in [0.15, 0.2) is 5.82 Å². The predicted octanol–water partition coefficient (Wildman–Crippen LogP) is 3.35. The molecule has 2 unspecified atom stereocenters. The van der Waals surface area contributed by atoms with Crippen molar-refractivity contribution < 1.29 is 4.79 Å². The first kappa shape index (κ1) is 19.2. The van der Waals surface area contributed by atoms with Crippen molar-refractivity contribution in [1.29, 1.82) is 0 Å². The van der Waals surface area contributed by atoms with Gasteiger partial charge in [0.1, 0.15) is 6.04 Å². The molecule has 2 saturated heterocycles. The molecule has 3 aromatic rings. The average Bonchev–Trinajstić information content (AvgIpc) is 3.56. The summed E-state index contributed by atoms with van der Waals surface area (Å²) in [4.78, 5) is 16.2. The van der Waals surface area contributed by atoms with E-state index in [0.29, 0.717) is 0 Å². The number of hydrogen-bond donors (Lipinski definition) is 3. The third-order valence-corrected chi connectivity index (χ3v) is 6.60. The van der Waals surface area contributed by atoms with Crippen LogP contribution in [0.2, 0.25) is 0 Å². The highest BCUT2D eigenvalue weighted by molar-refractivity contribution is 7.10. The highest BCUT2D eigenvalue weighted by Gasteiger charge is 2.30. The van der Waals surface area contributed by atoms with E-state index in [-0.39, 0.29) is 18.0 Å². The number of nitrogens with one attached hydrogen (secondary N) is 3. The van der Waals surface area contributed by atoms with Gasteiger partial charge in [0.05, 0.1) is 11.7 Å². The van der Waals surface area contributed by atoms with Crippen molar-refractivity contribution in [3.63, 3.8) is 0 Å². The molecule has 7 nitrogen and oxygen atoms in total. The second kappa shape index (κ2) is 8.51. The molecule has 0 saturated carbocycles. The fourth-order valence-corrected chi connectivity index (χ4v) is 4.77. The number of anilines is 2. The number of rotatable bonds is 5. The Morgan fingerprint density at radius 3 is 2.73 bits per heavy atom. The van der Waals surface area contributed by atoms with Crippen LogP contribution >= 0.6 is 11.3 Å². The number of nitrogens with zero attached hydrogens (tertiary/aromatic N) is 3. The molecule has 2 fully saturated rings. The van der Waals surface area contributed by atoms with E-state index in [1.807, 2.05) is 42.5 Å². The van der Waals surface area contributed by atoms with Crippen molar-refractivity contribution in [2.24, 2.45) is 0 Å². The maximum atomic E-state index is 12.7. The highest BCUT2D eigenvalue weighted by atomic mass is 32.1. The second-order valence-corrected chi connectivity index (χ2v) is 8.67. The van der Waals surface area contributed by atoms with Crippen LogP contribution in [0.3, 0.4) is 0 Å². The lowest BCUT2D eigenvalue weighted by atomic mass is 10.1. The van der Waals surface area contributed by atoms with Gasteiger partial charge >= 0.3 is 0 Å². The quantitative estimate of drug-likeness (QED) is 0.587. The Morgan fingerprint density at radius 1 is 1.07 bits per heavy atom. The molecule has 2 aliphatic heterocycles. The minimum atomic E-state index is -0.278. The molecule has 5 rings (SSSR count). The third kappa shape index (κ3) is 4.07. The smallest absolute Gasteiger partial charge is 0.242 e. The summed E-state index contributed by atoms with van der Waals surface area (Å²) < 4.78 is 0. The number of carbonyl (C=O) groups excluding carboxylic acids is 1. The van der Waals surface area contributed by atoms with Crippen molar-refractivity contribution in [3.8, 4) is 11.3 Å². The van der Waals surface area contributed by atoms with Crippen molar-refractivity contribution in [1.82, 2.24) is 21.0 Å². The van der Waals surface area contributed by atoms with Crippen LogP contribution in [0.1, 0.15) is 30.2 Å². The van der Waals surface area contributed by atoms with E-state index in [9.17, 15) is 4.79 Å². The van der Waals surface area contributed by atoms with Gasteiger partial charge in [-0.3, -0.25) is 4.79 Å². The zero-order valence-electron chi connectivity index (χ0n) is 16.5. The molecule has 3 N–H and O–H groups in total. The van der Waals surface area contributed by atoms with Gasteiger partial charge in [0.25, 0.3) is 0 Å². The molecule has 2 aliphatic rings. The number of aromatic nitrogens is 2. The molecule has 4 heterocycles. The lowest BCUT2D eigenvalue weighted by Crippen LogP contribution is -2.39.